The molecule has 1 aromatic heterocycles. The Bertz CT molecular complexity index is 511. The van der Waals surface area contributed by atoms with Crippen LogP contribution in [0.4, 0.5) is 5.82 Å². The molecule has 0 atom stereocenters. The number of carbonyl (C=O) groups excluding carboxylic acids is 1. The summed E-state index contributed by atoms with van der Waals surface area (Å²) in [6.07, 6.45) is 2.06. The topological polar surface area (TPSA) is 94.5 Å². The molecule has 2 rings (SSSR count). The molecule has 1 aliphatic heterocycles. The van der Waals surface area contributed by atoms with Crippen molar-refractivity contribution in [3.05, 3.63) is 22.9 Å². The van der Waals surface area contributed by atoms with Gasteiger partial charge in [0.25, 0.3) is 5.91 Å². The van der Waals surface area contributed by atoms with E-state index in [1.54, 1.807) is 0 Å². The van der Waals surface area contributed by atoms with Crippen molar-refractivity contribution in [2.45, 2.75) is 32.8 Å². The zero-order valence-electron chi connectivity index (χ0n) is 12.8. The summed E-state index contributed by atoms with van der Waals surface area (Å²) in [7, 11) is 0. The van der Waals surface area contributed by atoms with Gasteiger partial charge in [-0.3, -0.25) is 4.79 Å². The van der Waals surface area contributed by atoms with E-state index in [1.165, 1.54) is 0 Å². The molecular formula is C15H24N4O2. The first-order valence-corrected chi connectivity index (χ1v) is 7.37. The molecule has 1 aliphatic rings. The van der Waals surface area contributed by atoms with Crippen molar-refractivity contribution >= 4 is 11.7 Å². The van der Waals surface area contributed by atoms with Crippen LogP contribution in [0.3, 0.4) is 0 Å². The number of amides is 1. The predicted molar refractivity (Wildman–Crippen MR) is 82.5 cm³/mol. The van der Waals surface area contributed by atoms with E-state index in [0.29, 0.717) is 24.5 Å². The number of carbonyl (C=O) groups is 1. The standard InChI is InChI=1S/C15H24N4O2/c1-10-9-11(2)18-15(13(10)14(17)20)19-6-3-12(4-7-19)21-8-5-16/h9,12H,3-8,16H2,1-2H3,(H2,17,20). The Morgan fingerprint density at radius 3 is 2.67 bits per heavy atom. The molecule has 4 N–H and O–H groups in total. The van der Waals surface area contributed by atoms with Crippen LogP contribution in [-0.2, 0) is 4.74 Å². The number of pyridine rings is 1. The third-order valence-corrected chi connectivity index (χ3v) is 3.78. The summed E-state index contributed by atoms with van der Waals surface area (Å²) in [5.41, 5.74) is 13.3. The second-order valence-electron chi connectivity index (χ2n) is 5.49. The van der Waals surface area contributed by atoms with Crippen molar-refractivity contribution in [1.82, 2.24) is 4.98 Å². The SMILES string of the molecule is Cc1cc(C)c(C(N)=O)c(N2CCC(OCCN)CC2)n1. The van der Waals surface area contributed by atoms with Crippen LogP contribution in [-0.4, -0.2) is 43.2 Å². The second kappa shape index (κ2) is 6.87. The maximum Gasteiger partial charge on any atom is 0.252 e. The quantitative estimate of drug-likeness (QED) is 0.834. The van der Waals surface area contributed by atoms with Crippen molar-refractivity contribution in [1.29, 1.82) is 0 Å². The van der Waals surface area contributed by atoms with Gasteiger partial charge in [0.2, 0.25) is 0 Å². The highest BCUT2D eigenvalue weighted by molar-refractivity contribution is 5.99. The van der Waals surface area contributed by atoms with Crippen LogP contribution < -0.4 is 16.4 Å². The minimum Gasteiger partial charge on any atom is -0.377 e. The summed E-state index contributed by atoms with van der Waals surface area (Å²) >= 11 is 0. The number of ether oxygens (including phenoxy) is 1. The van der Waals surface area contributed by atoms with Crippen LogP contribution in [0.15, 0.2) is 6.07 Å². The number of anilines is 1. The minimum atomic E-state index is -0.420. The van der Waals surface area contributed by atoms with E-state index in [2.05, 4.69) is 9.88 Å². The Hall–Kier alpha value is -1.66. The van der Waals surface area contributed by atoms with Crippen LogP contribution in [0.2, 0.25) is 0 Å². The molecule has 1 aromatic rings. The van der Waals surface area contributed by atoms with Gasteiger partial charge in [0.15, 0.2) is 0 Å². The molecule has 1 amide bonds. The monoisotopic (exact) mass is 292 g/mol. The van der Waals surface area contributed by atoms with E-state index < -0.39 is 5.91 Å². The summed E-state index contributed by atoms with van der Waals surface area (Å²) in [6.45, 7) is 6.59. The fourth-order valence-electron chi connectivity index (χ4n) is 2.82. The molecular weight excluding hydrogens is 268 g/mol. The number of primary amides is 1. The zero-order valence-corrected chi connectivity index (χ0v) is 12.8. The molecule has 6 heteroatoms. The van der Waals surface area contributed by atoms with Gasteiger partial charge >= 0.3 is 0 Å². The number of hydrogen-bond acceptors (Lipinski definition) is 5. The molecule has 21 heavy (non-hydrogen) atoms. The van der Waals surface area contributed by atoms with Crippen molar-refractivity contribution in [2.24, 2.45) is 11.5 Å². The normalized spacial score (nSPS) is 16.2. The van der Waals surface area contributed by atoms with E-state index >= 15 is 0 Å². The van der Waals surface area contributed by atoms with Crippen molar-refractivity contribution in [3.63, 3.8) is 0 Å². The Morgan fingerprint density at radius 1 is 1.43 bits per heavy atom. The first-order valence-electron chi connectivity index (χ1n) is 7.37. The van der Waals surface area contributed by atoms with Crippen molar-refractivity contribution in [3.8, 4) is 0 Å². The minimum absolute atomic E-state index is 0.243. The highest BCUT2D eigenvalue weighted by Crippen LogP contribution is 2.26. The third kappa shape index (κ3) is 3.71. The van der Waals surface area contributed by atoms with E-state index in [9.17, 15) is 4.79 Å². The molecule has 2 heterocycles. The van der Waals surface area contributed by atoms with Gasteiger partial charge in [0.1, 0.15) is 5.82 Å². The first kappa shape index (κ1) is 15.7. The predicted octanol–water partition coefficient (Wildman–Crippen LogP) is 0.741. The van der Waals surface area contributed by atoms with Crippen LogP contribution in [0.5, 0.6) is 0 Å². The Labute approximate surface area is 125 Å². The zero-order chi connectivity index (χ0) is 15.4. The molecule has 1 saturated heterocycles. The molecule has 0 aliphatic carbocycles. The van der Waals surface area contributed by atoms with Gasteiger partial charge in [-0.25, -0.2) is 4.98 Å². The Kier molecular flexibility index (Phi) is 5.14. The lowest BCUT2D eigenvalue weighted by atomic mass is 10.0. The summed E-state index contributed by atoms with van der Waals surface area (Å²) < 4.78 is 5.68. The Balaban J connectivity index is 2.14. The number of aromatic nitrogens is 1. The lowest BCUT2D eigenvalue weighted by Crippen LogP contribution is -2.39. The second-order valence-corrected chi connectivity index (χ2v) is 5.49. The summed E-state index contributed by atoms with van der Waals surface area (Å²) in [5, 5.41) is 0. The molecule has 6 nitrogen and oxygen atoms in total. The highest BCUT2D eigenvalue weighted by Gasteiger charge is 2.25. The van der Waals surface area contributed by atoms with Crippen LogP contribution in [0, 0.1) is 13.8 Å². The molecule has 1 fully saturated rings. The lowest BCUT2D eigenvalue weighted by Gasteiger charge is -2.34. The van der Waals surface area contributed by atoms with Gasteiger partial charge in [0.05, 0.1) is 18.3 Å². The molecule has 0 saturated carbocycles. The van der Waals surface area contributed by atoms with Crippen molar-refractivity contribution < 1.29 is 9.53 Å². The summed E-state index contributed by atoms with van der Waals surface area (Å²) in [5.74, 6) is 0.286. The van der Waals surface area contributed by atoms with Gasteiger partial charge in [-0.1, -0.05) is 0 Å². The molecule has 0 radical (unpaired) electrons. The van der Waals surface area contributed by atoms with Gasteiger partial charge < -0.3 is 21.1 Å². The van der Waals surface area contributed by atoms with Gasteiger partial charge in [-0.15, -0.1) is 0 Å². The van der Waals surface area contributed by atoms with E-state index in [-0.39, 0.29) is 6.10 Å². The number of aryl methyl sites for hydroxylation is 2. The molecule has 0 aromatic carbocycles. The lowest BCUT2D eigenvalue weighted by molar-refractivity contribution is 0.0421. The maximum atomic E-state index is 11.7. The summed E-state index contributed by atoms with van der Waals surface area (Å²) in [6, 6.07) is 1.89. The van der Waals surface area contributed by atoms with Crippen LogP contribution >= 0.6 is 0 Å². The van der Waals surface area contributed by atoms with Gasteiger partial charge in [-0.05, 0) is 38.3 Å². The van der Waals surface area contributed by atoms with Crippen LogP contribution in [0.25, 0.3) is 0 Å². The largest absolute Gasteiger partial charge is 0.377 e. The molecule has 0 bridgehead atoms. The highest BCUT2D eigenvalue weighted by atomic mass is 16.5. The van der Waals surface area contributed by atoms with Gasteiger partial charge in [0, 0.05) is 25.3 Å². The number of nitrogens with two attached hydrogens (primary N) is 2. The number of hydrogen-bond donors (Lipinski definition) is 2. The summed E-state index contributed by atoms with van der Waals surface area (Å²) in [4.78, 5) is 18.4. The van der Waals surface area contributed by atoms with E-state index in [0.717, 1.165) is 37.2 Å². The number of rotatable bonds is 5. The van der Waals surface area contributed by atoms with Crippen molar-refractivity contribution in [2.75, 3.05) is 31.1 Å². The number of nitrogens with zero attached hydrogens (tertiary/aromatic N) is 2. The molecule has 116 valence electrons. The van der Waals surface area contributed by atoms with Crippen LogP contribution in [0.1, 0.15) is 34.5 Å². The molecule has 0 spiro atoms. The fourth-order valence-corrected chi connectivity index (χ4v) is 2.82. The molecule has 0 unspecified atom stereocenters. The first-order chi connectivity index (χ1) is 10.0. The van der Waals surface area contributed by atoms with E-state index in [1.807, 2.05) is 19.9 Å². The third-order valence-electron chi connectivity index (χ3n) is 3.78. The van der Waals surface area contributed by atoms with E-state index in [4.69, 9.17) is 16.2 Å². The smallest absolute Gasteiger partial charge is 0.252 e. The number of piperidine rings is 1. The average Bonchev–Trinajstić information content (AvgIpc) is 2.44. The van der Waals surface area contributed by atoms with Gasteiger partial charge in [-0.2, -0.15) is 0 Å². The fraction of sp³-hybridized carbons (Fsp3) is 0.600. The maximum absolute atomic E-state index is 11.7. The Morgan fingerprint density at radius 2 is 2.10 bits per heavy atom. The average molecular weight is 292 g/mol.